The molecule has 0 aliphatic rings. The van der Waals surface area contributed by atoms with E-state index in [4.69, 9.17) is 4.52 Å². The van der Waals surface area contributed by atoms with Crippen LogP contribution >= 0.6 is 0 Å². The Morgan fingerprint density at radius 1 is 1.35 bits per heavy atom. The molecule has 7 heteroatoms. The number of tetrazole rings is 1. The highest BCUT2D eigenvalue weighted by Crippen LogP contribution is 2.16. The smallest absolute Gasteiger partial charge is 0.143 e. The van der Waals surface area contributed by atoms with Gasteiger partial charge >= 0.3 is 0 Å². The van der Waals surface area contributed by atoms with Crippen molar-refractivity contribution in [2.45, 2.75) is 19.5 Å². The quantitative estimate of drug-likeness (QED) is 0.756. The van der Waals surface area contributed by atoms with Crippen LogP contribution in [0.2, 0.25) is 0 Å². The molecule has 0 amide bonds. The van der Waals surface area contributed by atoms with Crippen LogP contribution in [0.15, 0.2) is 47.4 Å². The van der Waals surface area contributed by atoms with Crippen LogP contribution in [0.4, 0.5) is 0 Å². The van der Waals surface area contributed by atoms with Crippen molar-refractivity contribution in [3.05, 3.63) is 54.2 Å². The van der Waals surface area contributed by atoms with Crippen LogP contribution in [0.5, 0.6) is 0 Å². The summed E-state index contributed by atoms with van der Waals surface area (Å²) in [5.74, 6) is 0. The zero-order chi connectivity index (χ0) is 13.8. The lowest BCUT2D eigenvalue weighted by atomic mass is 10.1. The van der Waals surface area contributed by atoms with E-state index in [1.54, 1.807) is 17.3 Å². The normalized spacial score (nSPS) is 12.4. The summed E-state index contributed by atoms with van der Waals surface area (Å²) < 4.78 is 6.44. The average Bonchev–Trinajstić information content (AvgIpc) is 3.18. The van der Waals surface area contributed by atoms with Gasteiger partial charge in [0.15, 0.2) is 0 Å². The van der Waals surface area contributed by atoms with Gasteiger partial charge in [0.2, 0.25) is 0 Å². The van der Waals surface area contributed by atoms with Gasteiger partial charge < -0.3 is 9.84 Å². The van der Waals surface area contributed by atoms with Gasteiger partial charge in [0.1, 0.15) is 12.6 Å². The van der Waals surface area contributed by atoms with Gasteiger partial charge in [0.25, 0.3) is 0 Å². The lowest BCUT2D eigenvalue weighted by Gasteiger charge is -2.14. The molecule has 0 saturated carbocycles. The largest absolute Gasteiger partial charge is 0.364 e. The first kappa shape index (κ1) is 12.5. The number of nitrogens with zero attached hydrogens (tertiary/aromatic N) is 5. The summed E-state index contributed by atoms with van der Waals surface area (Å²) in [5, 5.41) is 18.4. The van der Waals surface area contributed by atoms with Crippen molar-refractivity contribution in [2.75, 3.05) is 0 Å². The van der Waals surface area contributed by atoms with Crippen LogP contribution in [-0.2, 0) is 6.54 Å². The minimum atomic E-state index is 0.183. The molecule has 0 radical (unpaired) electrons. The van der Waals surface area contributed by atoms with E-state index in [0.29, 0.717) is 6.54 Å². The predicted molar refractivity (Wildman–Crippen MR) is 70.9 cm³/mol. The molecule has 1 atom stereocenters. The summed E-state index contributed by atoms with van der Waals surface area (Å²) in [6.45, 7) is 2.76. The molecule has 7 nitrogen and oxygen atoms in total. The fraction of sp³-hybridized carbons (Fsp3) is 0.231. The zero-order valence-corrected chi connectivity index (χ0v) is 11.0. The third kappa shape index (κ3) is 2.72. The van der Waals surface area contributed by atoms with Gasteiger partial charge in [-0.2, -0.15) is 0 Å². The molecule has 3 aromatic rings. The number of benzene rings is 1. The maximum absolute atomic E-state index is 4.81. The molecule has 0 saturated heterocycles. The standard InChI is InChI=1S/C13H14N6O/c1-10(14-8-12-5-6-20-16-12)11-3-2-4-13(7-11)19-9-15-17-18-19/h2-7,9-10,14H,8H2,1H3. The van der Waals surface area contributed by atoms with E-state index in [1.165, 1.54) is 0 Å². The van der Waals surface area contributed by atoms with E-state index < -0.39 is 0 Å². The van der Waals surface area contributed by atoms with E-state index in [0.717, 1.165) is 16.9 Å². The molecular weight excluding hydrogens is 256 g/mol. The van der Waals surface area contributed by atoms with Crippen LogP contribution in [0.1, 0.15) is 24.2 Å². The molecule has 1 N–H and O–H groups in total. The van der Waals surface area contributed by atoms with E-state index in [2.05, 4.69) is 45.1 Å². The number of nitrogens with one attached hydrogen (secondary N) is 1. The van der Waals surface area contributed by atoms with Crippen LogP contribution in [0, 0.1) is 0 Å². The summed E-state index contributed by atoms with van der Waals surface area (Å²) in [7, 11) is 0. The van der Waals surface area contributed by atoms with E-state index in [-0.39, 0.29) is 6.04 Å². The molecule has 3 rings (SSSR count). The van der Waals surface area contributed by atoms with Gasteiger partial charge in [-0.15, -0.1) is 5.10 Å². The highest BCUT2D eigenvalue weighted by molar-refractivity contribution is 5.35. The third-order valence-corrected chi connectivity index (χ3v) is 3.06. The SMILES string of the molecule is CC(NCc1ccon1)c1cccc(-n2cnnn2)c1. The summed E-state index contributed by atoms with van der Waals surface area (Å²) in [5.41, 5.74) is 2.97. The lowest BCUT2D eigenvalue weighted by molar-refractivity contribution is 0.406. The Labute approximate surface area is 115 Å². The van der Waals surface area contributed by atoms with Crippen molar-refractivity contribution in [3.63, 3.8) is 0 Å². The van der Waals surface area contributed by atoms with Crippen LogP contribution in [0.3, 0.4) is 0 Å². The molecule has 2 aromatic heterocycles. The van der Waals surface area contributed by atoms with Gasteiger partial charge in [-0.1, -0.05) is 17.3 Å². The minimum absolute atomic E-state index is 0.183. The molecule has 20 heavy (non-hydrogen) atoms. The highest BCUT2D eigenvalue weighted by Gasteiger charge is 2.07. The van der Waals surface area contributed by atoms with E-state index in [9.17, 15) is 0 Å². The van der Waals surface area contributed by atoms with E-state index in [1.807, 2.05) is 18.2 Å². The Bertz CT molecular complexity index is 649. The highest BCUT2D eigenvalue weighted by atomic mass is 16.5. The van der Waals surface area contributed by atoms with Crippen LogP contribution in [-0.4, -0.2) is 25.4 Å². The second-order valence-corrected chi connectivity index (χ2v) is 4.44. The van der Waals surface area contributed by atoms with Crippen molar-refractivity contribution in [1.82, 2.24) is 30.7 Å². The van der Waals surface area contributed by atoms with Gasteiger partial charge in [0, 0.05) is 18.7 Å². The molecule has 1 aromatic carbocycles. The minimum Gasteiger partial charge on any atom is -0.364 e. The van der Waals surface area contributed by atoms with Gasteiger partial charge in [-0.05, 0) is 35.0 Å². The van der Waals surface area contributed by atoms with Crippen molar-refractivity contribution < 1.29 is 4.52 Å². The molecule has 1 unspecified atom stereocenters. The molecule has 0 bridgehead atoms. The molecule has 0 fully saturated rings. The Hall–Kier alpha value is -2.54. The molecule has 2 heterocycles. The van der Waals surface area contributed by atoms with Crippen molar-refractivity contribution in [1.29, 1.82) is 0 Å². The first-order valence-corrected chi connectivity index (χ1v) is 6.29. The summed E-state index contributed by atoms with van der Waals surface area (Å²) >= 11 is 0. The predicted octanol–water partition coefficient (Wildman–Crippen LogP) is 1.50. The van der Waals surface area contributed by atoms with Crippen molar-refractivity contribution >= 4 is 0 Å². The van der Waals surface area contributed by atoms with E-state index >= 15 is 0 Å². The maximum atomic E-state index is 4.81. The van der Waals surface area contributed by atoms with Gasteiger partial charge in [0.05, 0.1) is 11.4 Å². The molecule has 0 spiro atoms. The first-order valence-electron chi connectivity index (χ1n) is 6.29. The summed E-state index contributed by atoms with van der Waals surface area (Å²) in [6, 6.07) is 10.1. The zero-order valence-electron chi connectivity index (χ0n) is 11.0. The molecular formula is C13H14N6O. The molecule has 0 aliphatic heterocycles. The molecule has 0 aliphatic carbocycles. The summed E-state index contributed by atoms with van der Waals surface area (Å²) in [6.07, 6.45) is 3.15. The number of hydrogen-bond acceptors (Lipinski definition) is 6. The average molecular weight is 270 g/mol. The Morgan fingerprint density at radius 3 is 3.05 bits per heavy atom. The topological polar surface area (TPSA) is 81.7 Å². The lowest BCUT2D eigenvalue weighted by Crippen LogP contribution is -2.18. The van der Waals surface area contributed by atoms with Crippen LogP contribution in [0.25, 0.3) is 5.69 Å². The number of hydrogen-bond donors (Lipinski definition) is 1. The molecule has 102 valence electrons. The third-order valence-electron chi connectivity index (χ3n) is 3.06. The second kappa shape index (κ2) is 5.62. The Balaban J connectivity index is 1.71. The Morgan fingerprint density at radius 2 is 2.30 bits per heavy atom. The number of rotatable bonds is 5. The van der Waals surface area contributed by atoms with Crippen LogP contribution < -0.4 is 5.32 Å². The monoisotopic (exact) mass is 270 g/mol. The van der Waals surface area contributed by atoms with Crippen molar-refractivity contribution in [2.24, 2.45) is 0 Å². The second-order valence-electron chi connectivity index (χ2n) is 4.44. The van der Waals surface area contributed by atoms with Gasteiger partial charge in [-0.3, -0.25) is 0 Å². The van der Waals surface area contributed by atoms with Crippen molar-refractivity contribution in [3.8, 4) is 5.69 Å². The maximum Gasteiger partial charge on any atom is 0.143 e. The fourth-order valence-electron chi connectivity index (χ4n) is 1.92. The number of aromatic nitrogens is 5. The summed E-state index contributed by atoms with van der Waals surface area (Å²) in [4.78, 5) is 0. The fourth-order valence-corrected chi connectivity index (χ4v) is 1.92. The Kier molecular flexibility index (Phi) is 3.51. The van der Waals surface area contributed by atoms with Gasteiger partial charge in [-0.25, -0.2) is 4.68 Å². The first-order chi connectivity index (χ1) is 9.83.